The van der Waals surface area contributed by atoms with Crippen molar-refractivity contribution in [3.8, 4) is 0 Å². The highest BCUT2D eigenvalue weighted by atomic mass is 15.0. The zero-order chi connectivity index (χ0) is 10.6. The molecule has 0 saturated heterocycles. The molecule has 0 aromatic rings. The quantitative estimate of drug-likeness (QED) is 0.658. The lowest BCUT2D eigenvalue weighted by molar-refractivity contribution is 0.364. The van der Waals surface area contributed by atoms with Gasteiger partial charge in [-0.2, -0.15) is 0 Å². The van der Waals surface area contributed by atoms with Crippen LogP contribution >= 0.6 is 0 Å². The SMILES string of the molecule is CCCC1CC1NCC(N)(CC)CC. The third kappa shape index (κ3) is 3.25. The molecule has 0 amide bonds. The van der Waals surface area contributed by atoms with Crippen LogP contribution < -0.4 is 11.1 Å². The lowest BCUT2D eigenvalue weighted by Gasteiger charge is -2.27. The normalized spacial score (nSPS) is 26.6. The molecule has 0 aromatic heterocycles. The van der Waals surface area contributed by atoms with Crippen molar-refractivity contribution >= 4 is 0 Å². The minimum atomic E-state index is 0.0271. The van der Waals surface area contributed by atoms with E-state index in [4.69, 9.17) is 5.73 Å². The van der Waals surface area contributed by atoms with Crippen molar-refractivity contribution in [2.24, 2.45) is 11.7 Å². The van der Waals surface area contributed by atoms with Gasteiger partial charge in [-0.1, -0.05) is 27.2 Å². The minimum Gasteiger partial charge on any atom is -0.324 e. The number of hydrogen-bond donors (Lipinski definition) is 2. The van der Waals surface area contributed by atoms with Gasteiger partial charge >= 0.3 is 0 Å². The zero-order valence-electron chi connectivity index (χ0n) is 9.97. The molecule has 84 valence electrons. The first-order valence-corrected chi connectivity index (χ1v) is 6.17. The smallest absolute Gasteiger partial charge is 0.0275 e. The second-order valence-electron chi connectivity index (χ2n) is 4.84. The van der Waals surface area contributed by atoms with Gasteiger partial charge in [0.15, 0.2) is 0 Å². The van der Waals surface area contributed by atoms with Gasteiger partial charge < -0.3 is 11.1 Å². The fourth-order valence-electron chi connectivity index (χ4n) is 2.02. The van der Waals surface area contributed by atoms with Crippen molar-refractivity contribution in [3.63, 3.8) is 0 Å². The Morgan fingerprint density at radius 3 is 2.43 bits per heavy atom. The third-order valence-corrected chi connectivity index (χ3v) is 3.71. The predicted octanol–water partition coefficient (Wildman–Crippen LogP) is 2.28. The van der Waals surface area contributed by atoms with Gasteiger partial charge in [0.25, 0.3) is 0 Å². The Morgan fingerprint density at radius 1 is 1.29 bits per heavy atom. The highest BCUT2D eigenvalue weighted by Crippen LogP contribution is 2.34. The van der Waals surface area contributed by atoms with Crippen molar-refractivity contribution in [2.75, 3.05) is 6.54 Å². The van der Waals surface area contributed by atoms with Gasteiger partial charge in [0.2, 0.25) is 0 Å². The first-order chi connectivity index (χ1) is 6.65. The second-order valence-corrected chi connectivity index (χ2v) is 4.84. The molecule has 0 spiro atoms. The summed E-state index contributed by atoms with van der Waals surface area (Å²) in [6.45, 7) is 7.62. The Hall–Kier alpha value is -0.0800. The minimum absolute atomic E-state index is 0.0271. The van der Waals surface area contributed by atoms with Crippen molar-refractivity contribution < 1.29 is 0 Å². The molecule has 0 heterocycles. The van der Waals surface area contributed by atoms with E-state index in [1.54, 1.807) is 0 Å². The van der Waals surface area contributed by atoms with Crippen LogP contribution in [0, 0.1) is 5.92 Å². The topological polar surface area (TPSA) is 38.0 Å². The van der Waals surface area contributed by atoms with Crippen molar-refractivity contribution in [1.29, 1.82) is 0 Å². The highest BCUT2D eigenvalue weighted by Gasteiger charge is 2.36. The summed E-state index contributed by atoms with van der Waals surface area (Å²) < 4.78 is 0. The Kier molecular flexibility index (Phi) is 4.39. The molecule has 1 fully saturated rings. The first kappa shape index (κ1) is 12.0. The number of hydrogen-bond acceptors (Lipinski definition) is 2. The average Bonchev–Trinajstić information content (AvgIpc) is 2.94. The van der Waals surface area contributed by atoms with E-state index in [-0.39, 0.29) is 5.54 Å². The maximum Gasteiger partial charge on any atom is 0.0275 e. The van der Waals surface area contributed by atoms with Crippen LogP contribution in [0.15, 0.2) is 0 Å². The summed E-state index contributed by atoms with van der Waals surface area (Å²) in [5.41, 5.74) is 6.26. The molecule has 1 saturated carbocycles. The van der Waals surface area contributed by atoms with Crippen LogP contribution in [-0.4, -0.2) is 18.1 Å². The van der Waals surface area contributed by atoms with Crippen LogP contribution in [0.2, 0.25) is 0 Å². The van der Waals surface area contributed by atoms with Crippen LogP contribution in [0.1, 0.15) is 52.9 Å². The van der Waals surface area contributed by atoms with E-state index < -0.39 is 0 Å². The summed E-state index contributed by atoms with van der Waals surface area (Å²) >= 11 is 0. The Balaban J connectivity index is 2.15. The van der Waals surface area contributed by atoms with E-state index in [2.05, 4.69) is 26.1 Å². The summed E-state index contributed by atoms with van der Waals surface area (Å²) in [4.78, 5) is 0. The summed E-state index contributed by atoms with van der Waals surface area (Å²) in [6.07, 6.45) is 6.21. The summed E-state index contributed by atoms with van der Waals surface area (Å²) in [7, 11) is 0. The van der Waals surface area contributed by atoms with Gasteiger partial charge in [-0.05, 0) is 31.6 Å². The van der Waals surface area contributed by atoms with Crippen LogP contribution in [0.25, 0.3) is 0 Å². The van der Waals surface area contributed by atoms with E-state index >= 15 is 0 Å². The fourth-order valence-corrected chi connectivity index (χ4v) is 2.02. The molecule has 0 aromatic carbocycles. The molecule has 0 bridgehead atoms. The van der Waals surface area contributed by atoms with Gasteiger partial charge in [-0.3, -0.25) is 0 Å². The molecule has 2 nitrogen and oxygen atoms in total. The molecule has 0 aliphatic heterocycles. The Morgan fingerprint density at radius 2 is 1.93 bits per heavy atom. The fraction of sp³-hybridized carbons (Fsp3) is 1.00. The maximum absolute atomic E-state index is 6.23. The van der Waals surface area contributed by atoms with Crippen molar-refractivity contribution in [2.45, 2.75) is 64.5 Å². The lowest BCUT2D eigenvalue weighted by atomic mass is 9.94. The van der Waals surface area contributed by atoms with E-state index in [0.29, 0.717) is 0 Å². The van der Waals surface area contributed by atoms with Gasteiger partial charge in [0.1, 0.15) is 0 Å². The molecule has 1 aliphatic rings. The molecular weight excluding hydrogens is 172 g/mol. The highest BCUT2D eigenvalue weighted by molar-refractivity contribution is 4.95. The van der Waals surface area contributed by atoms with Gasteiger partial charge in [-0.25, -0.2) is 0 Å². The molecule has 1 rings (SSSR count). The lowest BCUT2D eigenvalue weighted by Crippen LogP contribution is -2.48. The van der Waals surface area contributed by atoms with Gasteiger partial charge in [-0.15, -0.1) is 0 Å². The van der Waals surface area contributed by atoms with E-state index in [1.165, 1.54) is 19.3 Å². The van der Waals surface area contributed by atoms with Gasteiger partial charge in [0, 0.05) is 18.1 Å². The molecule has 3 N–H and O–H groups in total. The number of nitrogens with two attached hydrogens (primary N) is 1. The van der Waals surface area contributed by atoms with Crippen LogP contribution in [-0.2, 0) is 0 Å². The number of rotatable bonds is 7. The molecule has 1 aliphatic carbocycles. The largest absolute Gasteiger partial charge is 0.324 e. The maximum atomic E-state index is 6.23. The Bertz CT molecular complexity index is 164. The van der Waals surface area contributed by atoms with Crippen molar-refractivity contribution in [3.05, 3.63) is 0 Å². The molecule has 2 unspecified atom stereocenters. The van der Waals surface area contributed by atoms with E-state index in [0.717, 1.165) is 31.3 Å². The third-order valence-electron chi connectivity index (χ3n) is 3.71. The summed E-state index contributed by atoms with van der Waals surface area (Å²) in [5, 5.41) is 3.61. The van der Waals surface area contributed by atoms with Gasteiger partial charge in [0.05, 0.1) is 0 Å². The van der Waals surface area contributed by atoms with Crippen LogP contribution in [0.5, 0.6) is 0 Å². The van der Waals surface area contributed by atoms with Crippen LogP contribution in [0.3, 0.4) is 0 Å². The average molecular weight is 198 g/mol. The summed E-state index contributed by atoms with van der Waals surface area (Å²) in [5.74, 6) is 0.943. The summed E-state index contributed by atoms with van der Waals surface area (Å²) in [6, 6.07) is 0.774. The molecular formula is C12H26N2. The second kappa shape index (κ2) is 5.13. The standard InChI is InChI=1S/C12H26N2/c1-4-7-10-8-11(10)14-9-12(13,5-2)6-3/h10-11,14H,4-9,13H2,1-3H3. The first-order valence-electron chi connectivity index (χ1n) is 6.17. The monoisotopic (exact) mass is 198 g/mol. The van der Waals surface area contributed by atoms with Crippen molar-refractivity contribution in [1.82, 2.24) is 5.32 Å². The number of nitrogens with one attached hydrogen (secondary N) is 1. The van der Waals surface area contributed by atoms with E-state index in [1.807, 2.05) is 0 Å². The predicted molar refractivity (Wildman–Crippen MR) is 62.3 cm³/mol. The molecule has 2 heteroatoms. The molecule has 14 heavy (non-hydrogen) atoms. The molecule has 0 radical (unpaired) electrons. The Labute approximate surface area is 88.6 Å². The van der Waals surface area contributed by atoms with E-state index in [9.17, 15) is 0 Å². The zero-order valence-corrected chi connectivity index (χ0v) is 9.97. The molecule has 2 atom stereocenters. The van der Waals surface area contributed by atoms with Crippen LogP contribution in [0.4, 0.5) is 0 Å².